The van der Waals surface area contributed by atoms with Gasteiger partial charge in [-0.25, -0.2) is 6.57 Å². The minimum atomic E-state index is -0.580. The molecule has 5 heteroatoms. The zero-order valence-corrected chi connectivity index (χ0v) is 15.9. The number of H-pyrrole nitrogens is 1. The summed E-state index contributed by atoms with van der Waals surface area (Å²) in [6, 6.07) is 13.5. The van der Waals surface area contributed by atoms with E-state index in [0.717, 1.165) is 38.5 Å². The summed E-state index contributed by atoms with van der Waals surface area (Å²) in [4.78, 5) is 19.0. The quantitative estimate of drug-likeness (QED) is 0.493. The van der Waals surface area contributed by atoms with Crippen molar-refractivity contribution in [2.45, 2.75) is 26.0 Å². The number of nitrogens with one attached hydrogen (secondary N) is 1. The summed E-state index contributed by atoms with van der Waals surface area (Å²) in [5, 5.41) is 13.7. The average molecular weight is 374 g/mol. The molecule has 0 aliphatic heterocycles. The number of aliphatic hydroxyl groups is 1. The number of fused-ring (bicyclic) bond motifs is 3. The molecule has 134 valence electrons. The Morgan fingerprint density at radius 1 is 1.15 bits per heavy atom. The van der Waals surface area contributed by atoms with Crippen LogP contribution in [0, 0.1) is 6.57 Å². The monoisotopic (exact) mass is 374 g/mol. The minimum Gasteiger partial charge on any atom is -0.392 e. The van der Waals surface area contributed by atoms with E-state index in [1.54, 1.807) is 0 Å². The first kappa shape index (κ1) is 17.5. The van der Waals surface area contributed by atoms with Gasteiger partial charge >= 0.3 is 0 Å². The number of benzene rings is 2. The highest BCUT2D eigenvalue weighted by atomic mass is 32.1. The van der Waals surface area contributed by atoms with Gasteiger partial charge < -0.3 is 14.9 Å². The maximum absolute atomic E-state index is 12.3. The number of aliphatic hydroxyl groups excluding tert-OH is 1. The summed E-state index contributed by atoms with van der Waals surface area (Å²) in [6.07, 6.45) is 0. The van der Waals surface area contributed by atoms with Crippen molar-refractivity contribution in [1.82, 2.24) is 4.98 Å². The third-order valence-electron chi connectivity index (χ3n) is 5.01. The highest BCUT2D eigenvalue weighted by molar-refractivity contribution is 7.17. The molecular formula is C22H18N2O2S. The van der Waals surface area contributed by atoms with Gasteiger partial charge in [0.1, 0.15) is 4.70 Å². The van der Waals surface area contributed by atoms with E-state index in [2.05, 4.69) is 9.83 Å². The van der Waals surface area contributed by atoms with Crippen molar-refractivity contribution in [3.63, 3.8) is 0 Å². The number of rotatable bonds is 3. The molecule has 2 N–H and O–H groups in total. The van der Waals surface area contributed by atoms with Gasteiger partial charge in [-0.3, -0.25) is 4.79 Å². The summed E-state index contributed by atoms with van der Waals surface area (Å²) in [7, 11) is 0. The molecule has 0 spiro atoms. The Kier molecular flexibility index (Phi) is 4.11. The SMILES string of the molecule is [C-]#[N+]C(C)(C)c1ccc(-c2c(CO)ccc3[nH]c(=O)c4sccc4c23)cc1. The Balaban J connectivity index is 2.05. The lowest BCUT2D eigenvalue weighted by atomic mass is 9.90. The third kappa shape index (κ3) is 2.74. The van der Waals surface area contributed by atoms with Crippen LogP contribution in [0.1, 0.15) is 25.0 Å². The molecule has 0 aliphatic rings. The number of pyridine rings is 1. The van der Waals surface area contributed by atoms with Crippen molar-refractivity contribution in [3.05, 3.63) is 80.7 Å². The van der Waals surface area contributed by atoms with Crippen LogP contribution in [0.25, 0.3) is 37.0 Å². The Bertz CT molecular complexity index is 1260. The first-order valence-electron chi connectivity index (χ1n) is 8.62. The van der Waals surface area contributed by atoms with E-state index >= 15 is 0 Å². The Morgan fingerprint density at radius 3 is 2.56 bits per heavy atom. The molecule has 0 radical (unpaired) electrons. The van der Waals surface area contributed by atoms with Gasteiger partial charge in [0.2, 0.25) is 0 Å². The van der Waals surface area contributed by atoms with Gasteiger partial charge in [0, 0.05) is 35.7 Å². The predicted molar refractivity (Wildman–Crippen MR) is 111 cm³/mol. The van der Waals surface area contributed by atoms with Crippen molar-refractivity contribution < 1.29 is 5.11 Å². The van der Waals surface area contributed by atoms with Gasteiger partial charge in [0.05, 0.1) is 6.61 Å². The van der Waals surface area contributed by atoms with Gasteiger partial charge in [0.15, 0.2) is 0 Å². The van der Waals surface area contributed by atoms with Crippen molar-refractivity contribution in [1.29, 1.82) is 0 Å². The molecule has 0 unspecified atom stereocenters. The van der Waals surface area contributed by atoms with Crippen LogP contribution < -0.4 is 5.56 Å². The lowest BCUT2D eigenvalue weighted by molar-refractivity contribution is 0.282. The number of hydrogen-bond acceptors (Lipinski definition) is 3. The summed E-state index contributed by atoms with van der Waals surface area (Å²) in [6.45, 7) is 11.1. The van der Waals surface area contributed by atoms with E-state index in [0.29, 0.717) is 4.70 Å². The lowest BCUT2D eigenvalue weighted by Crippen LogP contribution is -2.10. The standard InChI is InChI=1S/C22H18N2O2S/c1-22(2,23-3)15-7-4-13(5-8-15)18-14(12-25)6-9-17-19(18)16-10-11-27-20(16)21(26)24-17/h4-11,25H,12H2,1-2H3,(H,24,26). The Hall–Kier alpha value is -2.94. The summed E-state index contributed by atoms with van der Waals surface area (Å²) in [5.74, 6) is 0. The normalized spacial score (nSPS) is 11.8. The highest BCUT2D eigenvalue weighted by Gasteiger charge is 2.25. The van der Waals surface area contributed by atoms with Crippen LogP contribution in [0.15, 0.2) is 52.6 Å². The van der Waals surface area contributed by atoms with E-state index < -0.39 is 5.54 Å². The molecule has 0 saturated heterocycles. The second-order valence-corrected chi connectivity index (χ2v) is 7.96. The first-order valence-corrected chi connectivity index (χ1v) is 9.49. The fourth-order valence-corrected chi connectivity index (χ4v) is 4.26. The topological polar surface area (TPSA) is 57.4 Å². The summed E-state index contributed by atoms with van der Waals surface area (Å²) in [5.41, 5.74) is 3.70. The summed E-state index contributed by atoms with van der Waals surface area (Å²) < 4.78 is 0.685. The van der Waals surface area contributed by atoms with Crippen LogP contribution in [0.3, 0.4) is 0 Å². The molecule has 0 atom stereocenters. The fraction of sp³-hybridized carbons (Fsp3) is 0.182. The van der Waals surface area contributed by atoms with Crippen LogP contribution in [0.5, 0.6) is 0 Å². The highest BCUT2D eigenvalue weighted by Crippen LogP contribution is 2.37. The average Bonchev–Trinajstić information content (AvgIpc) is 3.18. The van der Waals surface area contributed by atoms with Crippen LogP contribution in [-0.4, -0.2) is 10.1 Å². The molecular weight excluding hydrogens is 356 g/mol. The number of hydrogen-bond donors (Lipinski definition) is 2. The maximum atomic E-state index is 12.3. The Morgan fingerprint density at radius 2 is 1.89 bits per heavy atom. The second-order valence-electron chi connectivity index (χ2n) is 7.05. The molecule has 4 rings (SSSR count). The zero-order chi connectivity index (χ0) is 19.2. The molecule has 4 aromatic rings. The fourth-order valence-electron chi connectivity index (χ4n) is 3.46. The van der Waals surface area contributed by atoms with E-state index in [4.69, 9.17) is 6.57 Å². The molecule has 0 fully saturated rings. The molecule has 27 heavy (non-hydrogen) atoms. The second kappa shape index (κ2) is 6.34. The van der Waals surface area contributed by atoms with E-state index in [1.807, 2.05) is 61.7 Å². The first-order chi connectivity index (χ1) is 13.0. The van der Waals surface area contributed by atoms with Gasteiger partial charge in [-0.2, -0.15) is 0 Å². The van der Waals surface area contributed by atoms with Gasteiger partial charge in [0.25, 0.3) is 11.1 Å². The number of aromatic amines is 1. The maximum Gasteiger partial charge on any atom is 0.266 e. The van der Waals surface area contributed by atoms with Gasteiger partial charge in [-0.05, 0) is 34.2 Å². The number of nitrogens with zero attached hydrogens (tertiary/aromatic N) is 1. The zero-order valence-electron chi connectivity index (χ0n) is 15.0. The van der Waals surface area contributed by atoms with E-state index in [1.165, 1.54) is 11.3 Å². The van der Waals surface area contributed by atoms with Crippen molar-refractivity contribution in [3.8, 4) is 11.1 Å². The van der Waals surface area contributed by atoms with Crippen molar-refractivity contribution >= 4 is 32.3 Å². The van der Waals surface area contributed by atoms with Crippen molar-refractivity contribution in [2.24, 2.45) is 0 Å². The largest absolute Gasteiger partial charge is 0.392 e. The van der Waals surface area contributed by atoms with Crippen LogP contribution in [0.4, 0.5) is 0 Å². The van der Waals surface area contributed by atoms with Gasteiger partial charge in [-0.1, -0.05) is 30.3 Å². The van der Waals surface area contributed by atoms with E-state index in [-0.39, 0.29) is 12.2 Å². The van der Waals surface area contributed by atoms with Crippen LogP contribution in [-0.2, 0) is 12.1 Å². The lowest BCUT2D eigenvalue weighted by Gasteiger charge is -2.15. The van der Waals surface area contributed by atoms with E-state index in [9.17, 15) is 9.90 Å². The predicted octanol–water partition coefficient (Wildman–Crippen LogP) is 5.06. The van der Waals surface area contributed by atoms with Crippen LogP contribution >= 0.6 is 11.3 Å². The van der Waals surface area contributed by atoms with Crippen molar-refractivity contribution in [2.75, 3.05) is 0 Å². The minimum absolute atomic E-state index is 0.0919. The number of aromatic nitrogens is 1. The van der Waals surface area contributed by atoms with Gasteiger partial charge in [-0.15, -0.1) is 11.3 Å². The molecule has 2 aromatic heterocycles. The third-order valence-corrected chi connectivity index (χ3v) is 5.92. The van der Waals surface area contributed by atoms with Crippen LogP contribution in [0.2, 0.25) is 0 Å². The molecule has 0 saturated carbocycles. The molecule has 0 aliphatic carbocycles. The molecule has 4 nitrogen and oxygen atoms in total. The molecule has 2 aromatic carbocycles. The number of thiophene rings is 1. The smallest absolute Gasteiger partial charge is 0.266 e. The molecule has 0 amide bonds. The molecule has 2 heterocycles. The molecule has 0 bridgehead atoms. The Labute approximate surface area is 160 Å². The summed E-state index contributed by atoms with van der Waals surface area (Å²) >= 11 is 1.42.